The van der Waals surface area contributed by atoms with E-state index >= 15 is 0 Å². The molecule has 1 aromatic carbocycles. The Hall–Kier alpha value is -1.11. The zero-order valence-corrected chi connectivity index (χ0v) is 14.2. The van der Waals surface area contributed by atoms with Gasteiger partial charge in [-0.15, -0.1) is 0 Å². The molecule has 1 aromatic heterocycles. The van der Waals surface area contributed by atoms with Gasteiger partial charge in [-0.25, -0.2) is 14.4 Å². The van der Waals surface area contributed by atoms with Gasteiger partial charge in [-0.3, -0.25) is 0 Å². The molecule has 0 radical (unpaired) electrons. The van der Waals surface area contributed by atoms with Gasteiger partial charge in [-0.1, -0.05) is 30.1 Å². The monoisotopic (exact) mass is 392 g/mol. The first-order chi connectivity index (χ1) is 10.0. The summed E-state index contributed by atoms with van der Waals surface area (Å²) in [7, 11) is 0. The van der Waals surface area contributed by atoms with Gasteiger partial charge in [0.15, 0.2) is 0 Å². The quantitative estimate of drug-likeness (QED) is 0.728. The van der Waals surface area contributed by atoms with E-state index in [4.69, 9.17) is 23.2 Å². The lowest BCUT2D eigenvalue weighted by Gasteiger charge is -2.13. The molecule has 2 rings (SSSR count). The van der Waals surface area contributed by atoms with Gasteiger partial charge in [0.1, 0.15) is 28.3 Å². The molecule has 1 heterocycles. The Morgan fingerprint density at radius 1 is 1.19 bits per heavy atom. The molecule has 2 aromatic rings. The molecular formula is C13H12BrCl2FN4. The molecule has 0 saturated heterocycles. The highest BCUT2D eigenvalue weighted by Crippen LogP contribution is 2.36. The van der Waals surface area contributed by atoms with E-state index in [1.807, 2.05) is 0 Å². The molecular weight excluding hydrogens is 382 g/mol. The number of aromatic nitrogens is 2. The summed E-state index contributed by atoms with van der Waals surface area (Å²) < 4.78 is 13.8. The highest BCUT2D eigenvalue weighted by Gasteiger charge is 2.13. The molecule has 0 unspecified atom stereocenters. The van der Waals surface area contributed by atoms with Crippen molar-refractivity contribution in [2.24, 2.45) is 0 Å². The first-order valence-corrected chi connectivity index (χ1v) is 7.73. The van der Waals surface area contributed by atoms with Gasteiger partial charge >= 0.3 is 0 Å². The average Bonchev–Trinajstić information content (AvgIpc) is 2.43. The van der Waals surface area contributed by atoms with Crippen LogP contribution in [0.25, 0.3) is 0 Å². The standard InChI is InChI=1S/C13H12BrCl2FN4/c1-2-3-18-12-10(14)13(20-6-19-12)21-11-8(15)4-7(17)5-9(11)16/h4-6H,2-3H2,1H3,(H2,18,19,20,21). The van der Waals surface area contributed by atoms with E-state index in [0.29, 0.717) is 21.8 Å². The maximum atomic E-state index is 13.2. The van der Waals surface area contributed by atoms with Crippen molar-refractivity contribution < 1.29 is 4.39 Å². The number of rotatable bonds is 5. The molecule has 0 bridgehead atoms. The smallest absolute Gasteiger partial charge is 0.150 e. The van der Waals surface area contributed by atoms with Gasteiger partial charge in [0.05, 0.1) is 15.7 Å². The Bertz CT molecular complexity index is 631. The van der Waals surface area contributed by atoms with Crippen molar-refractivity contribution in [1.82, 2.24) is 9.97 Å². The van der Waals surface area contributed by atoms with Gasteiger partial charge in [-0.05, 0) is 34.5 Å². The summed E-state index contributed by atoms with van der Waals surface area (Å²) in [5.74, 6) is 0.644. The van der Waals surface area contributed by atoms with Crippen molar-refractivity contribution in [3.05, 3.63) is 38.8 Å². The number of nitrogens with one attached hydrogen (secondary N) is 2. The van der Waals surface area contributed by atoms with Crippen LogP contribution in [-0.2, 0) is 0 Å². The van der Waals surface area contributed by atoms with Gasteiger partial charge < -0.3 is 10.6 Å². The van der Waals surface area contributed by atoms with E-state index in [1.165, 1.54) is 18.5 Å². The fraction of sp³-hybridized carbons (Fsp3) is 0.231. The van der Waals surface area contributed by atoms with E-state index in [0.717, 1.165) is 13.0 Å². The summed E-state index contributed by atoms with van der Waals surface area (Å²) in [5, 5.41) is 6.50. The highest BCUT2D eigenvalue weighted by molar-refractivity contribution is 9.10. The van der Waals surface area contributed by atoms with Gasteiger partial charge in [0.25, 0.3) is 0 Å². The third kappa shape index (κ3) is 3.96. The molecule has 0 amide bonds. The summed E-state index contributed by atoms with van der Waals surface area (Å²) in [6.45, 7) is 2.84. The van der Waals surface area contributed by atoms with Crippen molar-refractivity contribution >= 4 is 56.5 Å². The summed E-state index contributed by atoms with van der Waals surface area (Å²) >= 11 is 15.4. The zero-order valence-electron chi connectivity index (χ0n) is 11.1. The van der Waals surface area contributed by atoms with E-state index in [-0.39, 0.29) is 10.0 Å². The van der Waals surface area contributed by atoms with Crippen LogP contribution in [0.4, 0.5) is 21.7 Å². The normalized spacial score (nSPS) is 10.5. The second kappa shape index (κ2) is 7.24. The molecule has 0 atom stereocenters. The molecule has 2 N–H and O–H groups in total. The molecule has 4 nitrogen and oxygen atoms in total. The fourth-order valence-electron chi connectivity index (χ4n) is 1.60. The van der Waals surface area contributed by atoms with E-state index < -0.39 is 5.82 Å². The van der Waals surface area contributed by atoms with Gasteiger partial charge in [-0.2, -0.15) is 0 Å². The number of hydrogen-bond donors (Lipinski definition) is 2. The summed E-state index contributed by atoms with van der Waals surface area (Å²) in [6, 6.07) is 2.36. The number of halogens is 4. The highest BCUT2D eigenvalue weighted by atomic mass is 79.9. The predicted molar refractivity (Wildman–Crippen MR) is 88.2 cm³/mol. The second-order valence-corrected chi connectivity index (χ2v) is 5.79. The summed E-state index contributed by atoms with van der Waals surface area (Å²) in [4.78, 5) is 8.27. The van der Waals surface area contributed by atoms with Crippen LogP contribution in [-0.4, -0.2) is 16.5 Å². The van der Waals surface area contributed by atoms with Crippen LogP contribution in [0.1, 0.15) is 13.3 Å². The molecule has 0 aliphatic carbocycles. The lowest BCUT2D eigenvalue weighted by molar-refractivity contribution is 0.628. The average molecular weight is 394 g/mol. The van der Waals surface area contributed by atoms with E-state index in [9.17, 15) is 4.39 Å². The number of nitrogens with zero attached hydrogens (tertiary/aromatic N) is 2. The predicted octanol–water partition coefficient (Wildman–Crippen LogP) is 5.25. The number of anilines is 3. The Morgan fingerprint density at radius 2 is 1.81 bits per heavy atom. The van der Waals surface area contributed by atoms with Crippen molar-refractivity contribution in [2.75, 3.05) is 17.2 Å². The molecule has 21 heavy (non-hydrogen) atoms. The topological polar surface area (TPSA) is 49.8 Å². The largest absolute Gasteiger partial charge is 0.369 e. The van der Waals surface area contributed by atoms with Crippen molar-refractivity contribution in [1.29, 1.82) is 0 Å². The van der Waals surface area contributed by atoms with Crippen molar-refractivity contribution in [3.63, 3.8) is 0 Å². The summed E-state index contributed by atoms with van der Waals surface area (Å²) in [6.07, 6.45) is 2.38. The minimum atomic E-state index is -0.498. The van der Waals surface area contributed by atoms with Crippen LogP contribution in [0.3, 0.4) is 0 Å². The molecule has 0 fully saturated rings. The molecule has 0 aliphatic heterocycles. The Morgan fingerprint density at radius 3 is 2.43 bits per heavy atom. The van der Waals surface area contributed by atoms with Gasteiger partial charge in [0, 0.05) is 6.54 Å². The van der Waals surface area contributed by atoms with Crippen LogP contribution < -0.4 is 10.6 Å². The first kappa shape index (κ1) is 16.3. The lowest BCUT2D eigenvalue weighted by atomic mass is 10.3. The molecule has 8 heteroatoms. The Labute approximate surface area is 140 Å². The second-order valence-electron chi connectivity index (χ2n) is 4.18. The van der Waals surface area contributed by atoms with Crippen LogP contribution in [0.15, 0.2) is 22.9 Å². The maximum Gasteiger partial charge on any atom is 0.150 e. The van der Waals surface area contributed by atoms with Crippen molar-refractivity contribution in [2.45, 2.75) is 13.3 Å². The first-order valence-electron chi connectivity index (χ1n) is 6.18. The third-order valence-corrected chi connectivity index (χ3v) is 3.93. The van der Waals surface area contributed by atoms with Gasteiger partial charge in [0.2, 0.25) is 0 Å². The summed E-state index contributed by atoms with van der Waals surface area (Å²) in [5.41, 5.74) is 0.389. The van der Waals surface area contributed by atoms with Crippen molar-refractivity contribution in [3.8, 4) is 0 Å². The van der Waals surface area contributed by atoms with E-state index in [2.05, 4.69) is 43.5 Å². The molecule has 0 saturated carbocycles. The molecule has 0 spiro atoms. The minimum Gasteiger partial charge on any atom is -0.369 e. The SMILES string of the molecule is CCCNc1ncnc(Nc2c(Cl)cc(F)cc2Cl)c1Br. The Balaban J connectivity index is 2.32. The van der Waals surface area contributed by atoms with Crippen LogP contribution >= 0.6 is 39.1 Å². The third-order valence-electron chi connectivity index (χ3n) is 2.58. The maximum absolute atomic E-state index is 13.2. The number of hydrogen-bond acceptors (Lipinski definition) is 4. The number of benzene rings is 1. The molecule has 0 aliphatic rings. The Kier molecular flexibility index (Phi) is 5.61. The molecule has 112 valence electrons. The van der Waals surface area contributed by atoms with Crippen LogP contribution in [0.5, 0.6) is 0 Å². The lowest BCUT2D eigenvalue weighted by Crippen LogP contribution is -2.05. The minimum absolute atomic E-state index is 0.175. The van der Waals surface area contributed by atoms with Crippen LogP contribution in [0.2, 0.25) is 10.0 Å². The van der Waals surface area contributed by atoms with E-state index in [1.54, 1.807) is 0 Å². The zero-order chi connectivity index (χ0) is 15.4. The van der Waals surface area contributed by atoms with Crippen LogP contribution in [0, 0.1) is 5.82 Å². The fourth-order valence-corrected chi connectivity index (χ4v) is 2.60.